The number of hydrogen-bond acceptors (Lipinski definition) is 5. The van der Waals surface area contributed by atoms with Crippen molar-refractivity contribution < 1.29 is 24.2 Å². The van der Waals surface area contributed by atoms with Crippen LogP contribution in [0.2, 0.25) is 0 Å². The number of rotatable bonds is 4. The SMILES string of the molecule is COC(=O)NC(=O)CN[C@H](C)C(=O)O. The number of amides is 2. The van der Waals surface area contributed by atoms with Crippen molar-refractivity contribution >= 4 is 18.0 Å². The van der Waals surface area contributed by atoms with Crippen molar-refractivity contribution in [3.63, 3.8) is 0 Å². The van der Waals surface area contributed by atoms with Crippen molar-refractivity contribution in [3.05, 3.63) is 0 Å². The Morgan fingerprint density at radius 3 is 2.43 bits per heavy atom. The molecule has 7 nitrogen and oxygen atoms in total. The van der Waals surface area contributed by atoms with Crippen molar-refractivity contribution in [3.8, 4) is 0 Å². The highest BCUT2D eigenvalue weighted by molar-refractivity contribution is 5.93. The maximum Gasteiger partial charge on any atom is 0.413 e. The number of carboxylic acids is 1. The van der Waals surface area contributed by atoms with E-state index in [9.17, 15) is 14.4 Å². The fourth-order valence-electron chi connectivity index (χ4n) is 0.542. The molecule has 0 unspecified atom stereocenters. The van der Waals surface area contributed by atoms with Gasteiger partial charge in [0.1, 0.15) is 6.04 Å². The van der Waals surface area contributed by atoms with E-state index in [4.69, 9.17) is 5.11 Å². The van der Waals surface area contributed by atoms with Gasteiger partial charge in [-0.05, 0) is 6.92 Å². The van der Waals surface area contributed by atoms with Crippen LogP contribution in [-0.2, 0) is 14.3 Å². The Morgan fingerprint density at radius 1 is 1.43 bits per heavy atom. The monoisotopic (exact) mass is 204 g/mol. The Hall–Kier alpha value is -1.63. The van der Waals surface area contributed by atoms with Crippen molar-refractivity contribution in [1.29, 1.82) is 0 Å². The van der Waals surface area contributed by atoms with Crippen molar-refractivity contribution in [1.82, 2.24) is 10.6 Å². The first-order chi connectivity index (χ1) is 6.47. The topological polar surface area (TPSA) is 105 Å². The molecular weight excluding hydrogens is 192 g/mol. The summed E-state index contributed by atoms with van der Waals surface area (Å²) in [6.45, 7) is 1.12. The lowest BCUT2D eigenvalue weighted by Gasteiger charge is -2.07. The van der Waals surface area contributed by atoms with E-state index in [0.717, 1.165) is 7.11 Å². The molecule has 7 heteroatoms. The van der Waals surface area contributed by atoms with E-state index in [2.05, 4.69) is 10.1 Å². The van der Waals surface area contributed by atoms with E-state index in [1.165, 1.54) is 6.92 Å². The largest absolute Gasteiger partial charge is 0.480 e. The fraction of sp³-hybridized carbons (Fsp3) is 0.571. The minimum Gasteiger partial charge on any atom is -0.480 e. The van der Waals surface area contributed by atoms with Gasteiger partial charge in [-0.2, -0.15) is 0 Å². The van der Waals surface area contributed by atoms with Crippen LogP contribution in [0.1, 0.15) is 6.92 Å². The standard InChI is InChI=1S/C7H12N2O5/c1-4(6(11)12)8-3-5(10)9-7(13)14-2/h4,8H,3H2,1-2H3,(H,11,12)(H,9,10,13)/t4-/m1/s1. The molecule has 0 aromatic heterocycles. The molecule has 3 N–H and O–H groups in total. The van der Waals surface area contributed by atoms with Crippen LogP contribution in [0.5, 0.6) is 0 Å². The third-order valence-corrected chi connectivity index (χ3v) is 1.37. The second-order valence-electron chi connectivity index (χ2n) is 2.48. The first-order valence-electron chi connectivity index (χ1n) is 3.81. The van der Waals surface area contributed by atoms with E-state index in [-0.39, 0.29) is 6.54 Å². The van der Waals surface area contributed by atoms with Gasteiger partial charge >= 0.3 is 12.1 Å². The molecule has 2 amide bonds. The molecule has 1 atom stereocenters. The number of aliphatic carboxylic acids is 1. The number of imide groups is 1. The summed E-state index contributed by atoms with van der Waals surface area (Å²) in [5.74, 6) is -1.72. The number of hydrogen-bond donors (Lipinski definition) is 3. The molecule has 0 aliphatic rings. The Bertz CT molecular complexity index is 240. The van der Waals surface area contributed by atoms with Crippen molar-refractivity contribution in [2.45, 2.75) is 13.0 Å². The van der Waals surface area contributed by atoms with Gasteiger partial charge in [-0.1, -0.05) is 0 Å². The first-order valence-corrected chi connectivity index (χ1v) is 3.81. The summed E-state index contributed by atoms with van der Waals surface area (Å²) in [6.07, 6.45) is -0.875. The molecule has 0 aliphatic heterocycles. The number of nitrogens with one attached hydrogen (secondary N) is 2. The van der Waals surface area contributed by atoms with Gasteiger partial charge in [0.2, 0.25) is 5.91 Å². The average Bonchev–Trinajstić information content (AvgIpc) is 2.13. The molecule has 0 aromatic rings. The normalized spacial score (nSPS) is 11.6. The average molecular weight is 204 g/mol. The molecule has 0 spiro atoms. The van der Waals surface area contributed by atoms with Crippen molar-refractivity contribution in [2.24, 2.45) is 0 Å². The van der Waals surface area contributed by atoms with Crippen LogP contribution in [0.3, 0.4) is 0 Å². The van der Waals surface area contributed by atoms with Crippen LogP contribution in [0.4, 0.5) is 4.79 Å². The summed E-state index contributed by atoms with van der Waals surface area (Å²) in [4.78, 5) is 31.7. The van der Waals surface area contributed by atoms with E-state index in [0.29, 0.717) is 0 Å². The zero-order valence-corrected chi connectivity index (χ0v) is 7.86. The summed E-state index contributed by atoms with van der Waals surface area (Å²) in [6, 6.07) is -0.849. The predicted molar refractivity (Wildman–Crippen MR) is 45.6 cm³/mol. The van der Waals surface area contributed by atoms with E-state index in [1.807, 2.05) is 5.32 Å². The third-order valence-electron chi connectivity index (χ3n) is 1.37. The Kier molecular flexibility index (Phi) is 5.23. The second kappa shape index (κ2) is 5.92. The zero-order chi connectivity index (χ0) is 11.1. The van der Waals surface area contributed by atoms with Crippen LogP contribution in [0.15, 0.2) is 0 Å². The maximum absolute atomic E-state index is 10.9. The van der Waals surface area contributed by atoms with Gasteiger partial charge in [-0.3, -0.25) is 20.2 Å². The number of carboxylic acid groups (broad SMARTS) is 1. The molecule has 0 rings (SSSR count). The Balaban J connectivity index is 3.74. The van der Waals surface area contributed by atoms with E-state index < -0.39 is 24.0 Å². The van der Waals surface area contributed by atoms with Gasteiger partial charge < -0.3 is 9.84 Å². The molecule has 0 heterocycles. The van der Waals surface area contributed by atoms with Gasteiger partial charge in [-0.25, -0.2) is 4.79 Å². The molecule has 0 radical (unpaired) electrons. The minimum absolute atomic E-state index is 0.261. The zero-order valence-electron chi connectivity index (χ0n) is 7.86. The van der Waals surface area contributed by atoms with Gasteiger partial charge in [0, 0.05) is 0 Å². The molecule has 0 fully saturated rings. The number of alkyl carbamates (subject to hydrolysis) is 1. The molecule has 0 saturated carbocycles. The first kappa shape index (κ1) is 12.4. The lowest BCUT2D eigenvalue weighted by atomic mass is 10.3. The Morgan fingerprint density at radius 2 is 2.00 bits per heavy atom. The van der Waals surface area contributed by atoms with Gasteiger partial charge in [0.15, 0.2) is 0 Å². The van der Waals surface area contributed by atoms with Crippen LogP contribution >= 0.6 is 0 Å². The summed E-state index contributed by atoms with van der Waals surface area (Å²) >= 11 is 0. The molecule has 0 aromatic carbocycles. The third kappa shape index (κ3) is 5.09. The highest BCUT2D eigenvalue weighted by Gasteiger charge is 2.12. The summed E-state index contributed by atoms with van der Waals surface area (Å²) in [7, 11) is 1.12. The maximum atomic E-state index is 10.9. The summed E-state index contributed by atoms with van der Waals surface area (Å²) in [5.41, 5.74) is 0. The quantitative estimate of drug-likeness (QED) is 0.538. The lowest BCUT2D eigenvalue weighted by molar-refractivity contribution is -0.139. The molecular formula is C7H12N2O5. The fourth-order valence-corrected chi connectivity index (χ4v) is 0.542. The molecule has 0 bridgehead atoms. The molecule has 0 aliphatic carbocycles. The van der Waals surface area contributed by atoms with Crippen molar-refractivity contribution in [2.75, 3.05) is 13.7 Å². The number of carbonyl (C=O) groups excluding carboxylic acids is 2. The van der Waals surface area contributed by atoms with Crippen LogP contribution in [0, 0.1) is 0 Å². The smallest absolute Gasteiger partial charge is 0.413 e. The lowest BCUT2D eigenvalue weighted by Crippen LogP contribution is -2.43. The second-order valence-corrected chi connectivity index (χ2v) is 2.48. The molecule has 0 saturated heterocycles. The van der Waals surface area contributed by atoms with Gasteiger partial charge in [0.25, 0.3) is 0 Å². The highest BCUT2D eigenvalue weighted by atomic mass is 16.5. The molecule has 80 valence electrons. The van der Waals surface area contributed by atoms with Gasteiger partial charge in [0.05, 0.1) is 13.7 Å². The Labute approximate surface area is 80.4 Å². The number of methoxy groups -OCH3 is 1. The van der Waals surface area contributed by atoms with Crippen LogP contribution in [0.25, 0.3) is 0 Å². The van der Waals surface area contributed by atoms with Crippen LogP contribution in [-0.4, -0.2) is 42.8 Å². The number of ether oxygens (including phenoxy) is 1. The number of carbonyl (C=O) groups is 3. The van der Waals surface area contributed by atoms with E-state index in [1.54, 1.807) is 0 Å². The minimum atomic E-state index is -1.07. The highest BCUT2D eigenvalue weighted by Crippen LogP contribution is 1.80. The van der Waals surface area contributed by atoms with Crippen LogP contribution < -0.4 is 10.6 Å². The summed E-state index contributed by atoms with van der Waals surface area (Å²) in [5, 5.41) is 12.7. The van der Waals surface area contributed by atoms with E-state index >= 15 is 0 Å². The predicted octanol–water partition coefficient (Wildman–Crippen LogP) is -1.07. The summed E-state index contributed by atoms with van der Waals surface area (Å²) < 4.78 is 4.16. The van der Waals surface area contributed by atoms with Gasteiger partial charge in [-0.15, -0.1) is 0 Å². The molecule has 14 heavy (non-hydrogen) atoms.